The highest BCUT2D eigenvalue weighted by Crippen LogP contribution is 2.34. The summed E-state index contributed by atoms with van der Waals surface area (Å²) in [5.41, 5.74) is 8.56. The summed E-state index contributed by atoms with van der Waals surface area (Å²) in [5, 5.41) is 14.2. The van der Waals surface area contributed by atoms with E-state index in [4.69, 9.17) is 10.5 Å². The lowest BCUT2D eigenvalue weighted by Crippen LogP contribution is -2.29. The monoisotopic (exact) mass is 485 g/mol. The van der Waals surface area contributed by atoms with Crippen LogP contribution in [0.5, 0.6) is 5.75 Å². The number of piperidine rings is 1. The van der Waals surface area contributed by atoms with Crippen molar-refractivity contribution in [3.05, 3.63) is 35.3 Å². The molecule has 10 heteroatoms. The number of hydrogen-bond acceptors (Lipinski definition) is 8. The first-order chi connectivity index (χ1) is 16.9. The number of rotatable bonds is 10. The van der Waals surface area contributed by atoms with Gasteiger partial charge in [0.15, 0.2) is 11.3 Å². The summed E-state index contributed by atoms with van der Waals surface area (Å²) < 4.78 is 22.6. The maximum atomic E-state index is 15.4. The largest absolute Gasteiger partial charge is 0.496 e. The Morgan fingerprint density at radius 1 is 1.23 bits per heavy atom. The highest BCUT2D eigenvalue weighted by molar-refractivity contribution is 5.86. The molecule has 0 spiro atoms. The number of likely N-dealkylation sites (tertiary alicyclic amines) is 1. The summed E-state index contributed by atoms with van der Waals surface area (Å²) in [6.45, 7) is 5.43. The molecule has 9 nitrogen and oxygen atoms in total. The molecule has 1 aliphatic rings. The lowest BCUT2D eigenvalue weighted by atomic mass is 9.88. The van der Waals surface area contributed by atoms with Crippen molar-refractivity contribution in [3.8, 4) is 5.75 Å². The maximum Gasteiger partial charge on any atom is 0.222 e. The number of methoxy groups -OCH3 is 1. The molecule has 0 amide bonds. The number of halogens is 1. The fraction of sp³-hybridized carbons (Fsp3) is 0.560. The molecule has 0 saturated carbocycles. The number of nitrogens with two attached hydrogens (primary N) is 1. The number of fused-ring (bicyclic) bond motifs is 1. The zero-order chi connectivity index (χ0) is 24.9. The number of aliphatic hydroxyl groups is 1. The molecule has 1 aromatic carbocycles. The molecule has 0 bridgehead atoms. The zero-order valence-corrected chi connectivity index (χ0v) is 20.9. The third-order valence-electron chi connectivity index (χ3n) is 6.77. The van der Waals surface area contributed by atoms with Crippen molar-refractivity contribution in [2.45, 2.75) is 45.1 Å². The van der Waals surface area contributed by atoms with Crippen LogP contribution < -0.4 is 15.4 Å². The molecule has 1 fully saturated rings. The van der Waals surface area contributed by atoms with Crippen molar-refractivity contribution in [2.75, 3.05) is 57.6 Å². The van der Waals surface area contributed by atoms with Crippen LogP contribution in [0.1, 0.15) is 49.7 Å². The Labute approximate surface area is 205 Å². The fourth-order valence-corrected chi connectivity index (χ4v) is 4.76. The number of unbranched alkanes of at least 4 members (excludes halogenated alkanes) is 1. The molecular formula is C25H36FN7O2. The van der Waals surface area contributed by atoms with Gasteiger partial charge in [-0.1, -0.05) is 13.3 Å². The molecule has 1 saturated heterocycles. The van der Waals surface area contributed by atoms with Crippen LogP contribution >= 0.6 is 0 Å². The minimum absolute atomic E-state index is 0.0120. The van der Waals surface area contributed by atoms with Gasteiger partial charge in [-0.05, 0) is 63.0 Å². The van der Waals surface area contributed by atoms with Crippen LogP contribution in [0, 0.1) is 5.82 Å². The van der Waals surface area contributed by atoms with E-state index in [1.165, 1.54) is 0 Å². The van der Waals surface area contributed by atoms with Gasteiger partial charge in [0.2, 0.25) is 5.95 Å². The summed E-state index contributed by atoms with van der Waals surface area (Å²) in [4.78, 5) is 13.0. The van der Waals surface area contributed by atoms with Crippen molar-refractivity contribution >= 4 is 22.8 Å². The topological polar surface area (TPSA) is 106 Å². The first-order valence-corrected chi connectivity index (χ1v) is 12.3. The molecule has 2 aromatic heterocycles. The van der Waals surface area contributed by atoms with Gasteiger partial charge in [-0.2, -0.15) is 10.1 Å². The van der Waals surface area contributed by atoms with E-state index in [2.05, 4.69) is 33.9 Å². The second kappa shape index (κ2) is 11.2. The van der Waals surface area contributed by atoms with Gasteiger partial charge in [0.1, 0.15) is 17.1 Å². The van der Waals surface area contributed by atoms with Crippen LogP contribution in [0.4, 0.5) is 16.2 Å². The minimum Gasteiger partial charge on any atom is -0.496 e. The van der Waals surface area contributed by atoms with Crippen molar-refractivity contribution in [2.24, 2.45) is 0 Å². The van der Waals surface area contributed by atoms with Gasteiger partial charge in [0.25, 0.3) is 0 Å². The lowest BCUT2D eigenvalue weighted by molar-refractivity contribution is 0.255. The number of nitrogens with zero attached hydrogens (tertiary/aromatic N) is 6. The van der Waals surface area contributed by atoms with E-state index < -0.39 is 0 Å². The third kappa shape index (κ3) is 5.65. The zero-order valence-electron chi connectivity index (χ0n) is 20.9. The van der Waals surface area contributed by atoms with Crippen molar-refractivity contribution in [3.63, 3.8) is 0 Å². The number of nitrogen functional groups attached to an aromatic ring is 1. The number of benzene rings is 1. The Balaban J connectivity index is 1.65. The Hall–Kier alpha value is -2.98. The Kier molecular flexibility index (Phi) is 8.02. The predicted octanol–water partition coefficient (Wildman–Crippen LogP) is 3.01. The highest BCUT2D eigenvalue weighted by atomic mass is 19.1. The van der Waals surface area contributed by atoms with E-state index in [-0.39, 0.29) is 24.9 Å². The number of hydrogen-bond donors (Lipinski definition) is 2. The third-order valence-corrected chi connectivity index (χ3v) is 6.77. The van der Waals surface area contributed by atoms with Gasteiger partial charge in [0, 0.05) is 13.1 Å². The van der Waals surface area contributed by atoms with Crippen molar-refractivity contribution < 1.29 is 14.2 Å². The van der Waals surface area contributed by atoms with E-state index in [9.17, 15) is 5.11 Å². The number of aromatic nitrogens is 4. The van der Waals surface area contributed by atoms with Crippen LogP contribution in [0.25, 0.3) is 11.0 Å². The number of anilines is 2. The van der Waals surface area contributed by atoms with Crippen molar-refractivity contribution in [1.29, 1.82) is 0 Å². The number of ether oxygens (including phenoxy) is 1. The van der Waals surface area contributed by atoms with Crippen LogP contribution in [0.15, 0.2) is 18.3 Å². The highest BCUT2D eigenvalue weighted by Gasteiger charge is 2.23. The first-order valence-electron chi connectivity index (χ1n) is 12.3. The summed E-state index contributed by atoms with van der Waals surface area (Å²) in [6, 6.07) is 3.61. The molecule has 190 valence electrons. The summed E-state index contributed by atoms with van der Waals surface area (Å²) in [6.07, 6.45) is 5.71. The summed E-state index contributed by atoms with van der Waals surface area (Å²) in [7, 11) is 3.69. The van der Waals surface area contributed by atoms with E-state index in [1.54, 1.807) is 24.1 Å². The van der Waals surface area contributed by atoms with Gasteiger partial charge < -0.3 is 25.4 Å². The van der Waals surface area contributed by atoms with Crippen molar-refractivity contribution in [1.82, 2.24) is 24.6 Å². The summed E-state index contributed by atoms with van der Waals surface area (Å²) in [5.74, 6) is 1.27. The standard InChI is InChI=1S/C25H36FN7O2/c1-4-5-8-32(11-12-34)24-23-21(28-25(27)29-24)16-33(30-23)15-19-20(26)13-18(14-22(19)35-3)17-6-9-31(2)10-7-17/h13-14,16-17,34H,4-12,15H2,1-3H3,(H2,27,28). The van der Waals surface area contributed by atoms with Crippen LogP contribution in [0.2, 0.25) is 0 Å². The Morgan fingerprint density at radius 3 is 2.69 bits per heavy atom. The van der Waals surface area contributed by atoms with E-state index in [0.717, 1.165) is 50.9 Å². The van der Waals surface area contributed by atoms with Gasteiger partial charge in [-0.3, -0.25) is 4.68 Å². The van der Waals surface area contributed by atoms with E-state index >= 15 is 4.39 Å². The molecule has 0 unspecified atom stereocenters. The molecule has 0 aliphatic carbocycles. The van der Waals surface area contributed by atoms with Gasteiger partial charge in [-0.15, -0.1) is 0 Å². The van der Waals surface area contributed by atoms with E-state index in [0.29, 0.717) is 40.6 Å². The second-order valence-electron chi connectivity index (χ2n) is 9.29. The Bertz CT molecular complexity index is 1140. The van der Waals surface area contributed by atoms with Crippen LogP contribution in [-0.2, 0) is 6.54 Å². The molecule has 0 atom stereocenters. The molecule has 0 radical (unpaired) electrons. The molecule has 35 heavy (non-hydrogen) atoms. The smallest absolute Gasteiger partial charge is 0.222 e. The second-order valence-corrected chi connectivity index (χ2v) is 9.29. The Morgan fingerprint density at radius 2 is 2.00 bits per heavy atom. The van der Waals surface area contributed by atoms with Gasteiger partial charge in [0.05, 0.1) is 32.0 Å². The molecule has 3 aromatic rings. The molecule has 3 N–H and O–H groups in total. The average molecular weight is 486 g/mol. The van der Waals surface area contributed by atoms with Crippen LogP contribution in [0.3, 0.4) is 0 Å². The SMILES string of the molecule is CCCCN(CCO)c1nc(N)nc2cn(Cc3c(F)cc(C4CCN(C)CC4)cc3OC)nc12. The molecular weight excluding hydrogens is 449 g/mol. The molecule has 1 aliphatic heterocycles. The quantitative estimate of drug-likeness (QED) is 0.452. The molecule has 3 heterocycles. The number of aliphatic hydroxyl groups excluding tert-OH is 1. The fourth-order valence-electron chi connectivity index (χ4n) is 4.76. The van der Waals surface area contributed by atoms with Gasteiger partial charge in [-0.25, -0.2) is 9.37 Å². The normalized spacial score (nSPS) is 15.1. The lowest BCUT2D eigenvalue weighted by Gasteiger charge is -2.29. The minimum atomic E-state index is -0.298. The van der Waals surface area contributed by atoms with E-state index in [1.807, 2.05) is 11.0 Å². The van der Waals surface area contributed by atoms with Gasteiger partial charge >= 0.3 is 0 Å². The molecule has 4 rings (SSSR count). The predicted molar refractivity (Wildman–Crippen MR) is 135 cm³/mol. The average Bonchev–Trinajstić information content (AvgIpc) is 3.25. The van der Waals surface area contributed by atoms with Crippen LogP contribution in [-0.4, -0.2) is 76.7 Å². The maximum absolute atomic E-state index is 15.4. The first kappa shape index (κ1) is 25.1. The summed E-state index contributed by atoms with van der Waals surface area (Å²) >= 11 is 0.